The van der Waals surface area contributed by atoms with Gasteiger partial charge >= 0.3 is 0 Å². The molecule has 3 atom stereocenters. The number of carbonyl (C=O) groups is 2. The Morgan fingerprint density at radius 3 is 2.04 bits per heavy atom. The second-order valence-electron chi connectivity index (χ2n) is 8.45. The highest BCUT2D eigenvalue weighted by molar-refractivity contribution is 6.30. The van der Waals surface area contributed by atoms with Crippen molar-refractivity contribution in [2.24, 2.45) is 17.8 Å². The van der Waals surface area contributed by atoms with E-state index in [2.05, 4.69) is 0 Å². The van der Waals surface area contributed by atoms with Crippen LogP contribution in [0, 0.1) is 17.8 Å². The van der Waals surface area contributed by atoms with Gasteiger partial charge in [-0.3, -0.25) is 9.59 Å². The molecule has 1 aliphatic heterocycles. The van der Waals surface area contributed by atoms with Gasteiger partial charge in [0.1, 0.15) is 12.3 Å². The highest BCUT2D eigenvalue weighted by Gasteiger charge is 2.36. The maximum atomic E-state index is 12.7. The number of nitrogens with one attached hydrogen (secondary N) is 1. The summed E-state index contributed by atoms with van der Waals surface area (Å²) in [7, 11) is 0. The summed E-state index contributed by atoms with van der Waals surface area (Å²) in [4.78, 5) is 26.6. The van der Waals surface area contributed by atoms with Gasteiger partial charge in [-0.1, -0.05) is 19.3 Å². The number of hydrogen-bond acceptors (Lipinski definition) is 2. The fourth-order valence-corrected chi connectivity index (χ4v) is 5.54. The quantitative estimate of drug-likeness (QED) is 0.735. The lowest BCUT2D eigenvalue weighted by Gasteiger charge is -2.33. The van der Waals surface area contributed by atoms with E-state index >= 15 is 0 Å². The van der Waals surface area contributed by atoms with E-state index in [1.807, 2.05) is 0 Å². The summed E-state index contributed by atoms with van der Waals surface area (Å²) in [5.74, 6) is 1.54. The fraction of sp³-hybridized carbons (Fsp3) is 0.900. The molecule has 1 heterocycles. The number of ketones is 2. The second kappa shape index (κ2) is 9.19. The molecule has 0 spiro atoms. The number of alkyl halides is 2. The Balaban J connectivity index is 1.41. The Morgan fingerprint density at radius 2 is 1.40 bits per heavy atom. The van der Waals surface area contributed by atoms with E-state index in [1.54, 1.807) is 0 Å². The van der Waals surface area contributed by atoms with Gasteiger partial charge in [-0.15, -0.1) is 23.2 Å². The van der Waals surface area contributed by atoms with Gasteiger partial charge in [-0.05, 0) is 32.1 Å². The van der Waals surface area contributed by atoms with E-state index in [-0.39, 0.29) is 22.6 Å². The summed E-state index contributed by atoms with van der Waals surface area (Å²) >= 11 is 12.4. The Morgan fingerprint density at radius 1 is 0.760 bits per heavy atom. The van der Waals surface area contributed by atoms with Crippen molar-refractivity contribution in [3.63, 3.8) is 0 Å². The minimum atomic E-state index is -0.0711. The smallest absolute Gasteiger partial charge is 0.189 e. The van der Waals surface area contributed by atoms with E-state index in [1.165, 1.54) is 24.2 Å². The summed E-state index contributed by atoms with van der Waals surface area (Å²) in [6.45, 7) is 2.53. The van der Waals surface area contributed by atoms with Crippen molar-refractivity contribution in [1.82, 2.24) is 0 Å². The number of likely N-dealkylation sites (tertiary alicyclic amines) is 1. The average Bonchev–Trinajstić information content (AvgIpc) is 2.64. The fourth-order valence-electron chi connectivity index (χ4n) is 4.97. The van der Waals surface area contributed by atoms with Gasteiger partial charge < -0.3 is 4.90 Å². The summed E-state index contributed by atoms with van der Waals surface area (Å²) in [5, 5.41) is -0.0576. The molecule has 2 saturated carbocycles. The largest absolute Gasteiger partial charge is 0.329 e. The van der Waals surface area contributed by atoms with Crippen molar-refractivity contribution in [3.05, 3.63) is 0 Å². The molecule has 25 heavy (non-hydrogen) atoms. The third-order valence-corrected chi connectivity index (χ3v) is 7.81. The first kappa shape index (κ1) is 19.6. The van der Waals surface area contributed by atoms with Crippen molar-refractivity contribution in [1.29, 1.82) is 0 Å². The number of piperidine rings is 1. The molecule has 0 bridgehead atoms. The SMILES string of the molecule is O=C(C[NH+]1CCC(C(=O)C2CCCCC2)CC1)C1CCC(Cl)C(Cl)C1. The molecule has 0 aromatic rings. The molecule has 142 valence electrons. The predicted molar refractivity (Wildman–Crippen MR) is 101 cm³/mol. The molecule has 0 amide bonds. The lowest BCUT2D eigenvalue weighted by molar-refractivity contribution is -0.897. The van der Waals surface area contributed by atoms with Crippen LogP contribution in [0.2, 0.25) is 0 Å². The van der Waals surface area contributed by atoms with Crippen LogP contribution >= 0.6 is 23.2 Å². The molecule has 3 fully saturated rings. The zero-order chi connectivity index (χ0) is 17.8. The first-order valence-electron chi connectivity index (χ1n) is 10.2. The van der Waals surface area contributed by atoms with Crippen LogP contribution in [-0.4, -0.2) is 42.0 Å². The van der Waals surface area contributed by atoms with Gasteiger partial charge in [0.15, 0.2) is 5.78 Å². The second-order valence-corrected chi connectivity index (χ2v) is 9.57. The van der Waals surface area contributed by atoms with Crippen molar-refractivity contribution in [2.45, 2.75) is 75.0 Å². The molecule has 3 rings (SSSR count). The van der Waals surface area contributed by atoms with Gasteiger partial charge in [0.25, 0.3) is 0 Å². The summed E-state index contributed by atoms with van der Waals surface area (Å²) in [6.07, 6.45) is 10.3. The Bertz CT molecular complexity index is 470. The third-order valence-electron chi connectivity index (χ3n) is 6.68. The first-order valence-corrected chi connectivity index (χ1v) is 11.1. The summed E-state index contributed by atoms with van der Waals surface area (Å²) in [6, 6.07) is 0. The molecule has 5 heteroatoms. The first-order chi connectivity index (χ1) is 12.0. The van der Waals surface area contributed by atoms with E-state index in [4.69, 9.17) is 23.2 Å². The third kappa shape index (κ3) is 5.20. The van der Waals surface area contributed by atoms with Crippen molar-refractivity contribution >= 4 is 34.8 Å². The number of Topliss-reactive ketones (excluding diaryl/α,β-unsaturated/α-hetero) is 2. The van der Waals surface area contributed by atoms with Crippen LogP contribution < -0.4 is 4.90 Å². The zero-order valence-electron chi connectivity index (χ0n) is 15.2. The maximum absolute atomic E-state index is 12.7. The highest BCUT2D eigenvalue weighted by Crippen LogP contribution is 2.32. The van der Waals surface area contributed by atoms with Crippen LogP contribution in [0.4, 0.5) is 0 Å². The van der Waals surface area contributed by atoms with E-state index in [0.717, 1.165) is 58.0 Å². The van der Waals surface area contributed by atoms with Gasteiger partial charge in [0, 0.05) is 36.0 Å². The molecule has 1 saturated heterocycles. The zero-order valence-corrected chi connectivity index (χ0v) is 16.7. The van der Waals surface area contributed by atoms with Crippen molar-refractivity contribution in [3.8, 4) is 0 Å². The predicted octanol–water partition coefficient (Wildman–Crippen LogP) is 3.01. The van der Waals surface area contributed by atoms with Gasteiger partial charge in [-0.25, -0.2) is 0 Å². The number of quaternary nitrogens is 1. The maximum Gasteiger partial charge on any atom is 0.189 e. The van der Waals surface area contributed by atoms with Crippen LogP contribution in [0.15, 0.2) is 0 Å². The molecule has 3 nitrogen and oxygen atoms in total. The number of hydrogen-bond donors (Lipinski definition) is 1. The molecule has 0 aromatic heterocycles. The molecule has 0 aromatic carbocycles. The molecule has 2 aliphatic carbocycles. The Hall–Kier alpha value is -0.120. The van der Waals surface area contributed by atoms with Crippen molar-refractivity contribution in [2.75, 3.05) is 19.6 Å². The number of halogens is 2. The van der Waals surface area contributed by atoms with Crippen molar-refractivity contribution < 1.29 is 14.5 Å². The Labute approximate surface area is 161 Å². The van der Waals surface area contributed by atoms with E-state index in [0.29, 0.717) is 24.0 Å². The van der Waals surface area contributed by atoms with Gasteiger partial charge in [0.2, 0.25) is 0 Å². The van der Waals surface area contributed by atoms with Crippen LogP contribution in [0.3, 0.4) is 0 Å². The van der Waals surface area contributed by atoms with E-state index in [9.17, 15) is 9.59 Å². The van der Waals surface area contributed by atoms with Crippen LogP contribution in [0.25, 0.3) is 0 Å². The monoisotopic (exact) mass is 388 g/mol. The topological polar surface area (TPSA) is 38.6 Å². The molecular formula is C20H32Cl2NO2+. The number of rotatable bonds is 5. The van der Waals surface area contributed by atoms with Crippen LogP contribution in [0.1, 0.15) is 64.2 Å². The minimum Gasteiger partial charge on any atom is -0.329 e. The average molecular weight is 389 g/mol. The molecule has 0 radical (unpaired) electrons. The van der Waals surface area contributed by atoms with Crippen LogP contribution in [-0.2, 0) is 9.59 Å². The lowest BCUT2D eigenvalue weighted by atomic mass is 9.78. The summed E-state index contributed by atoms with van der Waals surface area (Å²) < 4.78 is 0. The molecular weight excluding hydrogens is 357 g/mol. The highest BCUT2D eigenvalue weighted by atomic mass is 35.5. The molecule has 1 N–H and O–H groups in total. The number of carbonyl (C=O) groups excluding carboxylic acids is 2. The molecule has 3 aliphatic rings. The minimum absolute atomic E-state index is 0.0135. The standard InChI is InChI=1S/C20H31Cl2NO2/c21-17-7-6-16(12-18(17)22)19(24)13-23-10-8-15(9-11-23)20(25)14-4-2-1-3-5-14/h14-18H,1-13H2/p+1. The lowest BCUT2D eigenvalue weighted by Crippen LogP contribution is -3.14. The Kier molecular flexibility index (Phi) is 7.22. The normalized spacial score (nSPS) is 37.6. The van der Waals surface area contributed by atoms with Gasteiger partial charge in [0.05, 0.1) is 18.5 Å². The summed E-state index contributed by atoms with van der Waals surface area (Å²) in [5.41, 5.74) is 0. The van der Waals surface area contributed by atoms with Gasteiger partial charge in [-0.2, -0.15) is 0 Å². The molecule has 3 unspecified atom stereocenters. The van der Waals surface area contributed by atoms with Crippen LogP contribution in [0.5, 0.6) is 0 Å². The van der Waals surface area contributed by atoms with E-state index < -0.39 is 0 Å².